The van der Waals surface area contributed by atoms with Gasteiger partial charge in [-0.3, -0.25) is 0 Å². The zero-order chi connectivity index (χ0) is 9.30. The van der Waals surface area contributed by atoms with E-state index in [2.05, 4.69) is 20.9 Å². The minimum absolute atomic E-state index is 0.103. The maximum absolute atomic E-state index is 12.6. The van der Waals surface area contributed by atoms with Crippen LogP contribution in [0.4, 0.5) is 13.2 Å². The molecule has 1 nitrogen and oxygen atoms in total. The third kappa shape index (κ3) is 1.90. The van der Waals surface area contributed by atoms with Gasteiger partial charge in [0.1, 0.15) is 5.69 Å². The first-order chi connectivity index (χ1) is 5.52. The van der Waals surface area contributed by atoms with E-state index in [0.29, 0.717) is 0 Å². The molecule has 0 fully saturated rings. The molecule has 0 aliphatic carbocycles. The molecule has 1 heterocycles. The van der Waals surface area contributed by atoms with E-state index in [4.69, 9.17) is 11.6 Å². The molecule has 1 aromatic rings. The highest BCUT2D eigenvalue weighted by Gasteiger charge is 2.14. The maximum Gasteiger partial charge on any atom is 0.280 e. The molecule has 0 N–H and O–H groups in total. The van der Waals surface area contributed by atoms with E-state index in [9.17, 15) is 13.2 Å². The predicted octanol–water partition coefficient (Wildman–Crippen LogP) is 3.57. The lowest BCUT2D eigenvalue weighted by atomic mass is 10.3. The van der Waals surface area contributed by atoms with Gasteiger partial charge in [-0.25, -0.2) is 13.8 Å². The largest absolute Gasteiger partial charge is 0.280 e. The zero-order valence-corrected chi connectivity index (χ0v) is 7.83. The second-order valence-electron chi connectivity index (χ2n) is 1.93. The van der Waals surface area contributed by atoms with Crippen molar-refractivity contribution < 1.29 is 13.2 Å². The standard InChI is InChI=1S/C6H2BrClF3N/c7-4-2(8)1-3(5(9)10)12-6(4)11/h1,5H. The number of alkyl halides is 2. The molecule has 0 atom stereocenters. The number of nitrogens with zero attached hydrogens (tertiary/aromatic N) is 1. The fraction of sp³-hybridized carbons (Fsp3) is 0.167. The van der Waals surface area contributed by atoms with E-state index in [-0.39, 0.29) is 9.50 Å². The Labute approximate surface area is 79.7 Å². The summed E-state index contributed by atoms with van der Waals surface area (Å²) in [5.41, 5.74) is -0.666. The highest BCUT2D eigenvalue weighted by Crippen LogP contribution is 2.28. The average molecular weight is 260 g/mol. The molecule has 0 amide bonds. The molecule has 0 aliphatic heterocycles. The topological polar surface area (TPSA) is 12.9 Å². The van der Waals surface area contributed by atoms with Crippen LogP contribution in [0.5, 0.6) is 0 Å². The minimum Gasteiger partial charge on any atom is -0.218 e. The molecule has 12 heavy (non-hydrogen) atoms. The van der Waals surface area contributed by atoms with E-state index in [0.717, 1.165) is 6.07 Å². The molecule has 66 valence electrons. The number of pyridine rings is 1. The van der Waals surface area contributed by atoms with Crippen LogP contribution >= 0.6 is 27.5 Å². The van der Waals surface area contributed by atoms with Gasteiger partial charge in [0.15, 0.2) is 0 Å². The van der Waals surface area contributed by atoms with Crippen LogP contribution in [0.15, 0.2) is 10.5 Å². The summed E-state index contributed by atoms with van der Waals surface area (Å²) in [5, 5.41) is -0.113. The first-order valence-corrected chi connectivity index (χ1v) is 3.99. The van der Waals surface area contributed by atoms with Crippen molar-refractivity contribution in [3.8, 4) is 0 Å². The Bertz CT molecular complexity index is 282. The predicted molar refractivity (Wildman–Crippen MR) is 41.9 cm³/mol. The molecular weight excluding hydrogens is 258 g/mol. The van der Waals surface area contributed by atoms with Crippen LogP contribution in [0.3, 0.4) is 0 Å². The zero-order valence-electron chi connectivity index (χ0n) is 5.49. The highest BCUT2D eigenvalue weighted by atomic mass is 79.9. The third-order valence-corrected chi connectivity index (χ3v) is 2.40. The van der Waals surface area contributed by atoms with Crippen LogP contribution in [0.1, 0.15) is 12.1 Å². The number of rotatable bonds is 1. The maximum atomic E-state index is 12.6. The Morgan fingerprint density at radius 1 is 1.50 bits per heavy atom. The minimum atomic E-state index is -2.81. The fourth-order valence-electron chi connectivity index (χ4n) is 0.598. The van der Waals surface area contributed by atoms with Crippen molar-refractivity contribution in [3.63, 3.8) is 0 Å². The summed E-state index contributed by atoms with van der Waals surface area (Å²) in [6.45, 7) is 0. The molecule has 6 heteroatoms. The number of hydrogen-bond acceptors (Lipinski definition) is 1. The molecule has 1 rings (SSSR count). The van der Waals surface area contributed by atoms with Crippen LogP contribution in [-0.4, -0.2) is 4.98 Å². The lowest BCUT2D eigenvalue weighted by Crippen LogP contribution is -1.94. The number of aromatic nitrogens is 1. The van der Waals surface area contributed by atoms with Gasteiger partial charge in [-0.2, -0.15) is 4.39 Å². The van der Waals surface area contributed by atoms with Crippen molar-refractivity contribution in [1.29, 1.82) is 0 Å². The normalized spacial score (nSPS) is 10.8. The number of halogens is 5. The van der Waals surface area contributed by atoms with E-state index in [1.54, 1.807) is 0 Å². The summed E-state index contributed by atoms with van der Waals surface area (Å²) < 4.78 is 36.4. The van der Waals surface area contributed by atoms with Gasteiger partial charge in [0.25, 0.3) is 6.43 Å². The van der Waals surface area contributed by atoms with Crippen LogP contribution in [0.25, 0.3) is 0 Å². The molecule has 0 saturated heterocycles. The number of hydrogen-bond donors (Lipinski definition) is 0. The van der Waals surface area contributed by atoms with Gasteiger partial charge >= 0.3 is 0 Å². The van der Waals surface area contributed by atoms with Crippen LogP contribution < -0.4 is 0 Å². The van der Waals surface area contributed by atoms with Crippen molar-refractivity contribution in [2.24, 2.45) is 0 Å². The van der Waals surface area contributed by atoms with Crippen LogP contribution in [-0.2, 0) is 0 Å². The molecule has 0 spiro atoms. The molecule has 0 saturated carbocycles. The molecule has 0 radical (unpaired) electrons. The lowest BCUT2D eigenvalue weighted by Gasteiger charge is -2.01. The summed E-state index contributed by atoms with van der Waals surface area (Å²) in [6, 6.07) is 0.916. The molecule has 1 aromatic heterocycles. The van der Waals surface area contributed by atoms with Gasteiger partial charge in [-0.15, -0.1) is 0 Å². The summed E-state index contributed by atoms with van der Waals surface area (Å²) in [7, 11) is 0. The van der Waals surface area contributed by atoms with Gasteiger partial charge in [-0.05, 0) is 22.0 Å². The fourth-order valence-corrected chi connectivity index (χ4v) is 0.991. The van der Waals surface area contributed by atoms with Crippen molar-refractivity contribution in [3.05, 3.63) is 27.2 Å². The van der Waals surface area contributed by atoms with Gasteiger partial charge < -0.3 is 0 Å². The van der Waals surface area contributed by atoms with E-state index < -0.39 is 18.1 Å². The Kier molecular flexibility index (Phi) is 2.95. The lowest BCUT2D eigenvalue weighted by molar-refractivity contribution is 0.144. The highest BCUT2D eigenvalue weighted by molar-refractivity contribution is 9.10. The van der Waals surface area contributed by atoms with Crippen molar-refractivity contribution in [2.45, 2.75) is 6.43 Å². The Morgan fingerprint density at radius 2 is 2.08 bits per heavy atom. The Hall–Kier alpha value is -0.290. The Balaban J connectivity index is 3.21. The van der Waals surface area contributed by atoms with E-state index in [1.165, 1.54) is 0 Å². The SMILES string of the molecule is Fc1nc(C(F)F)cc(Cl)c1Br. The van der Waals surface area contributed by atoms with Gasteiger partial charge in [-0.1, -0.05) is 11.6 Å². The molecule has 0 bridgehead atoms. The van der Waals surface area contributed by atoms with Crippen LogP contribution in [0.2, 0.25) is 5.02 Å². The second-order valence-corrected chi connectivity index (χ2v) is 3.13. The van der Waals surface area contributed by atoms with Gasteiger partial charge in [0, 0.05) is 0 Å². The smallest absolute Gasteiger partial charge is 0.218 e. The quantitative estimate of drug-likeness (QED) is 0.703. The molecule has 0 aromatic carbocycles. The molecule has 0 unspecified atom stereocenters. The first-order valence-electron chi connectivity index (χ1n) is 2.82. The Morgan fingerprint density at radius 3 is 2.50 bits per heavy atom. The third-order valence-electron chi connectivity index (χ3n) is 1.12. The van der Waals surface area contributed by atoms with Crippen LogP contribution in [0, 0.1) is 5.95 Å². The summed E-state index contributed by atoms with van der Waals surface area (Å²) in [5.74, 6) is -1.03. The molecule has 0 aliphatic rings. The summed E-state index contributed by atoms with van der Waals surface area (Å²) in [6.07, 6.45) is -2.81. The molecular formula is C6H2BrClF3N. The van der Waals surface area contributed by atoms with Gasteiger partial charge in [0.05, 0.1) is 9.50 Å². The summed E-state index contributed by atoms with van der Waals surface area (Å²) >= 11 is 8.15. The summed E-state index contributed by atoms with van der Waals surface area (Å²) in [4.78, 5) is 2.99. The van der Waals surface area contributed by atoms with Gasteiger partial charge in [0.2, 0.25) is 5.95 Å². The van der Waals surface area contributed by atoms with Crippen molar-refractivity contribution in [2.75, 3.05) is 0 Å². The average Bonchev–Trinajstić information content (AvgIpc) is 1.99. The van der Waals surface area contributed by atoms with E-state index in [1.807, 2.05) is 0 Å². The van der Waals surface area contributed by atoms with Crippen molar-refractivity contribution >= 4 is 27.5 Å². The van der Waals surface area contributed by atoms with Crippen molar-refractivity contribution in [1.82, 2.24) is 4.98 Å². The van der Waals surface area contributed by atoms with E-state index >= 15 is 0 Å². The monoisotopic (exact) mass is 259 g/mol. The first kappa shape index (κ1) is 9.80. The second kappa shape index (κ2) is 3.62.